The normalized spacial score (nSPS) is 32.7. The maximum Gasteiger partial charge on any atom is 0.0579 e. The molecule has 0 aromatic heterocycles. The van der Waals surface area contributed by atoms with Crippen molar-refractivity contribution in [3.05, 3.63) is 0 Å². The van der Waals surface area contributed by atoms with Gasteiger partial charge in [-0.25, -0.2) is 0 Å². The van der Waals surface area contributed by atoms with Crippen molar-refractivity contribution in [1.82, 2.24) is 0 Å². The molecule has 2 aliphatic carbocycles. The van der Waals surface area contributed by atoms with Crippen molar-refractivity contribution in [3.63, 3.8) is 0 Å². The Morgan fingerprint density at radius 1 is 0.591 bits per heavy atom. The van der Waals surface area contributed by atoms with Crippen molar-refractivity contribution in [2.24, 2.45) is 11.5 Å². The van der Waals surface area contributed by atoms with E-state index in [0.29, 0.717) is 36.5 Å². The Labute approximate surface area is 137 Å². The molecule has 0 aromatic rings. The molecule has 0 amide bonds. The van der Waals surface area contributed by atoms with Gasteiger partial charge in [0, 0.05) is 12.1 Å². The summed E-state index contributed by atoms with van der Waals surface area (Å²) in [5.41, 5.74) is 11.5. The molecule has 0 saturated heterocycles. The van der Waals surface area contributed by atoms with Gasteiger partial charge in [0.05, 0.1) is 24.4 Å². The van der Waals surface area contributed by atoms with Crippen molar-refractivity contribution in [2.45, 2.75) is 116 Å². The summed E-state index contributed by atoms with van der Waals surface area (Å²) in [6.07, 6.45) is 10.9. The largest absolute Gasteiger partial charge is 0.376 e. The molecule has 4 heteroatoms. The van der Waals surface area contributed by atoms with Gasteiger partial charge in [0.2, 0.25) is 0 Å². The minimum atomic E-state index is 0.370. The Morgan fingerprint density at radius 2 is 0.864 bits per heavy atom. The van der Waals surface area contributed by atoms with Crippen LogP contribution in [0.3, 0.4) is 0 Å². The number of ether oxygens (including phenoxy) is 2. The highest BCUT2D eigenvalue weighted by molar-refractivity contribution is 4.75. The van der Waals surface area contributed by atoms with Gasteiger partial charge in [0.15, 0.2) is 0 Å². The van der Waals surface area contributed by atoms with Crippen molar-refractivity contribution in [2.75, 3.05) is 0 Å². The summed E-state index contributed by atoms with van der Waals surface area (Å²) in [5.74, 6) is 0. The van der Waals surface area contributed by atoms with Gasteiger partial charge in [0.1, 0.15) is 0 Å². The molecule has 22 heavy (non-hydrogen) atoms. The number of hydrogen-bond acceptors (Lipinski definition) is 4. The van der Waals surface area contributed by atoms with Crippen LogP contribution < -0.4 is 11.5 Å². The zero-order valence-corrected chi connectivity index (χ0v) is 15.1. The summed E-state index contributed by atoms with van der Waals surface area (Å²) in [5, 5.41) is 0. The lowest BCUT2D eigenvalue weighted by atomic mass is 9.94. The minimum absolute atomic E-state index is 0.370. The van der Waals surface area contributed by atoms with E-state index in [1.54, 1.807) is 0 Å². The Balaban J connectivity index is 0.000000220. The number of nitrogens with two attached hydrogens (primary N) is 2. The van der Waals surface area contributed by atoms with Crippen molar-refractivity contribution in [1.29, 1.82) is 0 Å². The first-order valence-electron chi connectivity index (χ1n) is 9.18. The van der Waals surface area contributed by atoms with E-state index in [9.17, 15) is 0 Å². The van der Waals surface area contributed by atoms with Crippen LogP contribution in [0.4, 0.5) is 0 Å². The molecule has 0 atom stereocenters. The molecule has 4 N–H and O–H groups in total. The van der Waals surface area contributed by atoms with Gasteiger partial charge in [-0.2, -0.15) is 0 Å². The van der Waals surface area contributed by atoms with Crippen LogP contribution in [0.25, 0.3) is 0 Å². The third-order valence-corrected chi connectivity index (χ3v) is 4.37. The third kappa shape index (κ3) is 9.09. The van der Waals surface area contributed by atoms with Crippen LogP contribution in [0.1, 0.15) is 79.1 Å². The smallest absolute Gasteiger partial charge is 0.0579 e. The predicted molar refractivity (Wildman–Crippen MR) is 92.9 cm³/mol. The molecular formula is C18H38N2O2. The highest BCUT2D eigenvalue weighted by Crippen LogP contribution is 2.21. The highest BCUT2D eigenvalue weighted by atomic mass is 16.5. The second-order valence-corrected chi connectivity index (χ2v) is 7.44. The second-order valence-electron chi connectivity index (χ2n) is 7.44. The van der Waals surface area contributed by atoms with Gasteiger partial charge >= 0.3 is 0 Å². The van der Waals surface area contributed by atoms with E-state index in [0.717, 1.165) is 51.4 Å². The van der Waals surface area contributed by atoms with Gasteiger partial charge in [-0.15, -0.1) is 0 Å². The standard InChI is InChI=1S/2C9H19NO/c2*1-7(2)11-9-5-3-8(10)4-6-9/h2*7-9H,3-6,10H2,1-2H3. The van der Waals surface area contributed by atoms with Gasteiger partial charge in [0.25, 0.3) is 0 Å². The van der Waals surface area contributed by atoms with Crippen molar-refractivity contribution >= 4 is 0 Å². The van der Waals surface area contributed by atoms with Crippen molar-refractivity contribution in [3.8, 4) is 0 Å². The van der Waals surface area contributed by atoms with E-state index < -0.39 is 0 Å². The quantitative estimate of drug-likeness (QED) is 0.834. The van der Waals surface area contributed by atoms with E-state index in [1.165, 1.54) is 0 Å². The number of hydrogen-bond donors (Lipinski definition) is 2. The van der Waals surface area contributed by atoms with Gasteiger partial charge < -0.3 is 20.9 Å². The molecule has 2 rings (SSSR count). The molecule has 2 aliphatic rings. The SMILES string of the molecule is CC(C)OC1CCC(N)CC1.CC(C)OC1CCC(N)CC1. The third-order valence-electron chi connectivity index (χ3n) is 4.37. The zero-order chi connectivity index (χ0) is 16.5. The first-order valence-corrected chi connectivity index (χ1v) is 9.18. The Kier molecular flexibility index (Phi) is 9.57. The maximum absolute atomic E-state index is 5.77. The molecule has 4 nitrogen and oxygen atoms in total. The summed E-state index contributed by atoms with van der Waals surface area (Å²) in [6.45, 7) is 8.37. The molecule has 0 unspecified atom stereocenters. The first kappa shape index (κ1) is 19.9. The average Bonchev–Trinajstić information content (AvgIpc) is 2.44. The van der Waals surface area contributed by atoms with Crippen LogP contribution in [-0.2, 0) is 9.47 Å². The summed E-state index contributed by atoms with van der Waals surface area (Å²) in [6, 6.07) is 0.865. The summed E-state index contributed by atoms with van der Waals surface area (Å²) >= 11 is 0. The molecule has 2 fully saturated rings. The molecule has 2 saturated carbocycles. The molecule has 0 radical (unpaired) electrons. The van der Waals surface area contributed by atoms with Crippen LogP contribution in [0.15, 0.2) is 0 Å². The lowest BCUT2D eigenvalue weighted by molar-refractivity contribution is -0.0144. The summed E-state index contributed by atoms with van der Waals surface area (Å²) in [7, 11) is 0. The topological polar surface area (TPSA) is 70.5 Å². The molecule has 0 heterocycles. The second kappa shape index (κ2) is 10.6. The average molecular weight is 315 g/mol. The Morgan fingerprint density at radius 3 is 1.09 bits per heavy atom. The molecule has 0 aliphatic heterocycles. The monoisotopic (exact) mass is 314 g/mol. The maximum atomic E-state index is 5.77. The molecule has 0 bridgehead atoms. The number of rotatable bonds is 4. The van der Waals surface area contributed by atoms with E-state index in [4.69, 9.17) is 20.9 Å². The van der Waals surface area contributed by atoms with Gasteiger partial charge in [-0.1, -0.05) is 0 Å². The summed E-state index contributed by atoms with van der Waals surface area (Å²) in [4.78, 5) is 0. The fraction of sp³-hybridized carbons (Fsp3) is 1.00. The van der Waals surface area contributed by atoms with Crippen LogP contribution in [0.2, 0.25) is 0 Å². The summed E-state index contributed by atoms with van der Waals surface area (Å²) < 4.78 is 11.4. The highest BCUT2D eigenvalue weighted by Gasteiger charge is 2.20. The van der Waals surface area contributed by atoms with Crippen LogP contribution in [0.5, 0.6) is 0 Å². The first-order chi connectivity index (χ1) is 10.4. The Hall–Kier alpha value is -0.160. The predicted octanol–water partition coefficient (Wildman–Crippen LogP) is 3.36. The van der Waals surface area contributed by atoms with E-state index in [-0.39, 0.29) is 0 Å². The lowest BCUT2D eigenvalue weighted by Gasteiger charge is -2.27. The fourth-order valence-electron chi connectivity index (χ4n) is 3.22. The van der Waals surface area contributed by atoms with E-state index in [1.807, 2.05) is 0 Å². The van der Waals surface area contributed by atoms with Gasteiger partial charge in [-0.05, 0) is 79.1 Å². The van der Waals surface area contributed by atoms with Crippen LogP contribution in [0, 0.1) is 0 Å². The van der Waals surface area contributed by atoms with Gasteiger partial charge in [-0.3, -0.25) is 0 Å². The van der Waals surface area contributed by atoms with E-state index >= 15 is 0 Å². The zero-order valence-electron chi connectivity index (χ0n) is 15.1. The fourth-order valence-corrected chi connectivity index (χ4v) is 3.22. The molecule has 0 spiro atoms. The Bertz CT molecular complexity index is 240. The molecular weight excluding hydrogens is 276 g/mol. The molecule has 0 aromatic carbocycles. The van der Waals surface area contributed by atoms with Crippen LogP contribution >= 0.6 is 0 Å². The van der Waals surface area contributed by atoms with E-state index in [2.05, 4.69) is 27.7 Å². The minimum Gasteiger partial charge on any atom is -0.376 e. The lowest BCUT2D eigenvalue weighted by Crippen LogP contribution is -2.31. The molecule has 132 valence electrons. The van der Waals surface area contributed by atoms with Crippen LogP contribution in [-0.4, -0.2) is 36.5 Å². The van der Waals surface area contributed by atoms with Crippen molar-refractivity contribution < 1.29 is 9.47 Å².